The molecule has 4 nitrogen and oxygen atoms in total. The van der Waals surface area contributed by atoms with Crippen molar-refractivity contribution in [2.45, 2.75) is 79.1 Å². The van der Waals surface area contributed by atoms with Crippen molar-refractivity contribution in [3.8, 4) is 0 Å². The van der Waals surface area contributed by atoms with E-state index in [2.05, 4.69) is 27.7 Å². The monoisotopic (exact) mass is 350 g/mol. The molecule has 0 aromatic heterocycles. The summed E-state index contributed by atoms with van der Waals surface area (Å²) < 4.78 is 24.5. The van der Waals surface area contributed by atoms with Crippen molar-refractivity contribution in [3.63, 3.8) is 0 Å². The average molecular weight is 351 g/mol. The Hall–Kier alpha value is 0.274. The van der Waals surface area contributed by atoms with Gasteiger partial charge in [-0.15, -0.1) is 0 Å². The molecule has 0 aromatic carbocycles. The lowest BCUT2D eigenvalue weighted by Gasteiger charge is -2.29. The van der Waals surface area contributed by atoms with E-state index in [0.717, 1.165) is 77.8 Å². The van der Waals surface area contributed by atoms with E-state index in [9.17, 15) is 0 Å². The summed E-state index contributed by atoms with van der Waals surface area (Å²) in [5, 5.41) is 0. The number of hydrogen-bond acceptors (Lipinski definition) is 4. The summed E-state index contributed by atoms with van der Waals surface area (Å²) in [5.41, 5.74) is 0. The van der Waals surface area contributed by atoms with Gasteiger partial charge >= 0.3 is 8.32 Å². The van der Waals surface area contributed by atoms with Gasteiger partial charge in [0.2, 0.25) is 0 Å². The molecule has 0 N–H and O–H groups in total. The molecule has 0 amide bonds. The van der Waals surface area contributed by atoms with Crippen LogP contribution in [-0.4, -0.2) is 44.0 Å². The second-order valence-electron chi connectivity index (χ2n) is 5.70. The lowest BCUT2D eigenvalue weighted by atomic mass is 10.4. The Morgan fingerprint density at radius 3 is 1.32 bits per heavy atom. The molecule has 22 heavy (non-hydrogen) atoms. The van der Waals surface area contributed by atoms with Crippen LogP contribution in [0.25, 0.3) is 0 Å². The minimum Gasteiger partial charge on any atom is -0.418 e. The summed E-state index contributed by atoms with van der Waals surface area (Å²) >= 11 is 0. The van der Waals surface area contributed by atoms with Gasteiger partial charge in [0.1, 0.15) is 0 Å². The van der Waals surface area contributed by atoms with Gasteiger partial charge in [0, 0.05) is 26.4 Å². The first-order valence-corrected chi connectivity index (χ1v) is 13.9. The fraction of sp³-hybridized carbons (Fsp3) is 1.00. The third kappa shape index (κ3) is 11.8. The predicted octanol–water partition coefficient (Wildman–Crippen LogP) is 3.77. The maximum atomic E-state index is 6.17. The van der Waals surface area contributed by atoms with Crippen LogP contribution in [0.3, 0.4) is 0 Å². The fourth-order valence-corrected chi connectivity index (χ4v) is 7.51. The Bertz CT molecular complexity index is 204. The van der Waals surface area contributed by atoms with Gasteiger partial charge in [-0.1, -0.05) is 53.4 Å². The van der Waals surface area contributed by atoms with E-state index in [4.69, 9.17) is 17.7 Å². The van der Waals surface area contributed by atoms with E-state index in [1.807, 2.05) is 0 Å². The molecule has 0 unspecified atom stereocenters. The summed E-state index contributed by atoms with van der Waals surface area (Å²) in [7, 11) is -3.45. The maximum absolute atomic E-state index is 6.17. The molecule has 0 aliphatic heterocycles. The molecule has 0 heterocycles. The van der Waals surface area contributed by atoms with Crippen molar-refractivity contribution in [1.82, 2.24) is 0 Å². The zero-order chi connectivity index (χ0) is 16.5. The molecule has 0 spiro atoms. The Kier molecular flexibility index (Phi) is 16.3. The SMILES string of the molecule is CCCCO[SiH2][Si](OCCCC)(OCCCC)OCCCC. The number of hydrogen-bond donors (Lipinski definition) is 0. The largest absolute Gasteiger partial charge is 0.495 e. The highest BCUT2D eigenvalue weighted by Gasteiger charge is 2.42. The highest BCUT2D eigenvalue weighted by Crippen LogP contribution is 2.13. The van der Waals surface area contributed by atoms with Gasteiger partial charge in [-0.05, 0) is 25.7 Å². The van der Waals surface area contributed by atoms with Crippen molar-refractivity contribution in [2.75, 3.05) is 26.4 Å². The quantitative estimate of drug-likeness (QED) is 0.295. The molecule has 6 heteroatoms. The Balaban J connectivity index is 4.53. The molecule has 134 valence electrons. The zero-order valence-corrected chi connectivity index (χ0v) is 17.7. The van der Waals surface area contributed by atoms with Crippen LogP contribution in [0.5, 0.6) is 0 Å². The van der Waals surface area contributed by atoms with E-state index >= 15 is 0 Å². The van der Waals surface area contributed by atoms with Crippen LogP contribution in [0.15, 0.2) is 0 Å². The third-order valence-corrected chi connectivity index (χ3v) is 9.67. The molecule has 0 atom stereocenters. The van der Waals surface area contributed by atoms with Crippen LogP contribution >= 0.6 is 0 Å². The molecular formula is C16H38O4Si2. The average Bonchev–Trinajstić information content (AvgIpc) is 2.52. The Morgan fingerprint density at radius 1 is 0.591 bits per heavy atom. The topological polar surface area (TPSA) is 36.9 Å². The lowest BCUT2D eigenvalue weighted by Crippen LogP contribution is -2.54. The van der Waals surface area contributed by atoms with Gasteiger partial charge in [0.15, 0.2) is 0 Å². The first-order valence-electron chi connectivity index (χ1n) is 9.24. The van der Waals surface area contributed by atoms with Crippen LogP contribution in [0.2, 0.25) is 0 Å². The molecule has 0 aliphatic rings. The van der Waals surface area contributed by atoms with Gasteiger partial charge in [-0.25, -0.2) is 0 Å². The van der Waals surface area contributed by atoms with Gasteiger partial charge in [0.05, 0.1) is 0 Å². The molecule has 0 fully saturated rings. The van der Waals surface area contributed by atoms with E-state index in [1.54, 1.807) is 0 Å². The van der Waals surface area contributed by atoms with Crippen molar-refractivity contribution in [3.05, 3.63) is 0 Å². The molecular weight excluding hydrogens is 312 g/mol. The molecule has 0 bridgehead atoms. The van der Waals surface area contributed by atoms with Crippen molar-refractivity contribution >= 4 is 17.6 Å². The normalized spacial score (nSPS) is 12.5. The van der Waals surface area contributed by atoms with Crippen LogP contribution in [-0.2, 0) is 17.7 Å². The second kappa shape index (κ2) is 16.1. The molecule has 0 saturated heterocycles. The van der Waals surface area contributed by atoms with Crippen LogP contribution < -0.4 is 0 Å². The zero-order valence-electron chi connectivity index (χ0n) is 15.3. The third-order valence-electron chi connectivity index (χ3n) is 3.38. The van der Waals surface area contributed by atoms with E-state index < -0.39 is 17.6 Å². The van der Waals surface area contributed by atoms with Crippen molar-refractivity contribution in [2.24, 2.45) is 0 Å². The van der Waals surface area contributed by atoms with E-state index in [0.29, 0.717) is 0 Å². The Labute approximate surface area is 141 Å². The molecule has 0 radical (unpaired) electrons. The molecule has 0 saturated carbocycles. The highest BCUT2D eigenvalue weighted by molar-refractivity contribution is 7.12. The fourth-order valence-electron chi connectivity index (χ4n) is 1.81. The predicted molar refractivity (Wildman–Crippen MR) is 97.7 cm³/mol. The second-order valence-corrected chi connectivity index (χ2v) is 12.1. The van der Waals surface area contributed by atoms with Crippen molar-refractivity contribution < 1.29 is 17.7 Å². The van der Waals surface area contributed by atoms with Crippen LogP contribution in [0.1, 0.15) is 79.1 Å². The van der Waals surface area contributed by atoms with Crippen molar-refractivity contribution in [1.29, 1.82) is 0 Å². The molecule has 0 aliphatic carbocycles. The summed E-state index contributed by atoms with van der Waals surface area (Å²) in [6.07, 6.45) is 8.85. The first-order chi connectivity index (χ1) is 10.7. The Morgan fingerprint density at radius 2 is 0.955 bits per heavy atom. The minimum absolute atomic E-state index is 0.741. The molecule has 0 aromatic rings. The summed E-state index contributed by atoms with van der Waals surface area (Å²) in [5.74, 6) is 0. The smallest absolute Gasteiger partial charge is 0.418 e. The van der Waals surface area contributed by atoms with Gasteiger partial charge < -0.3 is 17.7 Å². The molecule has 0 rings (SSSR count). The van der Waals surface area contributed by atoms with Crippen LogP contribution in [0, 0.1) is 0 Å². The summed E-state index contributed by atoms with van der Waals surface area (Å²) in [4.78, 5) is 0. The minimum atomic E-state index is -2.54. The van der Waals surface area contributed by atoms with Gasteiger partial charge in [0.25, 0.3) is 9.28 Å². The lowest BCUT2D eigenvalue weighted by molar-refractivity contribution is 0.0717. The summed E-state index contributed by atoms with van der Waals surface area (Å²) in [6, 6.07) is 0. The standard InChI is InChI=1S/C16H38O4Si2/c1-5-9-13-17-21-22(18-14-10-6-2,19-15-11-7-3)20-16-12-8-4/h5-16,21H2,1-4H3. The number of unbranched alkanes of at least 4 members (excludes halogenated alkanes) is 4. The first kappa shape index (κ1) is 22.3. The number of rotatable bonds is 17. The van der Waals surface area contributed by atoms with E-state index in [-0.39, 0.29) is 0 Å². The van der Waals surface area contributed by atoms with Gasteiger partial charge in [-0.3, -0.25) is 0 Å². The maximum Gasteiger partial charge on any atom is 0.495 e. The van der Waals surface area contributed by atoms with E-state index in [1.165, 1.54) is 0 Å². The van der Waals surface area contributed by atoms with Gasteiger partial charge in [-0.2, -0.15) is 0 Å². The summed E-state index contributed by atoms with van der Waals surface area (Å²) in [6.45, 7) is 11.8. The highest BCUT2D eigenvalue weighted by atomic mass is 29.2. The van der Waals surface area contributed by atoms with Crippen LogP contribution in [0.4, 0.5) is 0 Å².